The molecule has 26 heavy (non-hydrogen) atoms. The van der Waals surface area contributed by atoms with Crippen molar-refractivity contribution >= 4 is 63.7 Å². The second-order valence-electron chi connectivity index (χ2n) is 6.07. The molecular formula is C20H14Br4O2. The van der Waals surface area contributed by atoms with E-state index in [0.717, 1.165) is 16.7 Å². The Balaban J connectivity index is 2.35. The van der Waals surface area contributed by atoms with Crippen molar-refractivity contribution in [3.63, 3.8) is 0 Å². The van der Waals surface area contributed by atoms with Gasteiger partial charge in [0.1, 0.15) is 11.5 Å². The van der Waals surface area contributed by atoms with Gasteiger partial charge >= 0.3 is 0 Å². The van der Waals surface area contributed by atoms with Crippen molar-refractivity contribution in [2.24, 2.45) is 0 Å². The first-order chi connectivity index (χ1) is 12.2. The lowest BCUT2D eigenvalue weighted by atomic mass is 9.71. The Hall–Kier alpha value is -0.820. The van der Waals surface area contributed by atoms with E-state index in [9.17, 15) is 10.2 Å². The lowest BCUT2D eigenvalue weighted by molar-refractivity contribution is 0.467. The molecule has 0 fully saturated rings. The third kappa shape index (κ3) is 3.49. The summed E-state index contributed by atoms with van der Waals surface area (Å²) in [5, 5.41) is 20.2. The summed E-state index contributed by atoms with van der Waals surface area (Å²) < 4.78 is 2.45. The molecular weight excluding hydrogens is 592 g/mol. The minimum Gasteiger partial charge on any atom is -0.506 e. The maximum atomic E-state index is 10.1. The fourth-order valence-electron chi connectivity index (χ4n) is 2.98. The number of benzene rings is 3. The van der Waals surface area contributed by atoms with Gasteiger partial charge in [0.2, 0.25) is 0 Å². The fourth-order valence-corrected chi connectivity index (χ4v) is 5.35. The smallest absolute Gasteiger partial charge is 0.143 e. The Morgan fingerprint density at radius 2 is 0.962 bits per heavy atom. The maximum Gasteiger partial charge on any atom is 0.143 e. The van der Waals surface area contributed by atoms with Gasteiger partial charge in [0.15, 0.2) is 0 Å². The predicted octanol–water partition coefficient (Wildman–Crippen LogP) is 7.50. The molecule has 0 amide bonds. The van der Waals surface area contributed by atoms with Crippen molar-refractivity contribution in [1.82, 2.24) is 0 Å². The molecule has 0 unspecified atom stereocenters. The van der Waals surface area contributed by atoms with Crippen LogP contribution in [0.1, 0.15) is 23.6 Å². The average Bonchev–Trinajstić information content (AvgIpc) is 2.63. The lowest BCUT2D eigenvalue weighted by Gasteiger charge is -2.33. The van der Waals surface area contributed by atoms with Crippen molar-refractivity contribution < 1.29 is 10.2 Å². The molecule has 2 nitrogen and oxygen atoms in total. The number of phenols is 2. The summed E-state index contributed by atoms with van der Waals surface area (Å²) in [6.45, 7) is 2.12. The molecule has 0 saturated carbocycles. The first-order valence-electron chi connectivity index (χ1n) is 7.67. The minimum absolute atomic E-state index is 0.164. The quantitative estimate of drug-likeness (QED) is 0.304. The average molecular weight is 606 g/mol. The van der Waals surface area contributed by atoms with E-state index in [-0.39, 0.29) is 11.5 Å². The van der Waals surface area contributed by atoms with Gasteiger partial charge in [-0.2, -0.15) is 0 Å². The molecule has 0 aliphatic heterocycles. The number of phenolic OH excluding ortho intramolecular Hbond substituents is 2. The monoisotopic (exact) mass is 602 g/mol. The van der Waals surface area contributed by atoms with Crippen molar-refractivity contribution in [1.29, 1.82) is 0 Å². The van der Waals surface area contributed by atoms with E-state index in [4.69, 9.17) is 0 Å². The van der Waals surface area contributed by atoms with Crippen LogP contribution in [0, 0.1) is 0 Å². The highest BCUT2D eigenvalue weighted by Crippen LogP contribution is 2.46. The normalized spacial score (nSPS) is 11.6. The summed E-state index contributed by atoms with van der Waals surface area (Å²) in [5.74, 6) is 0.328. The highest BCUT2D eigenvalue weighted by atomic mass is 79.9. The number of hydrogen-bond acceptors (Lipinski definition) is 2. The molecule has 3 rings (SSSR count). The Bertz CT molecular complexity index is 867. The van der Waals surface area contributed by atoms with Gasteiger partial charge in [-0.15, -0.1) is 0 Å². The summed E-state index contributed by atoms with van der Waals surface area (Å²) in [7, 11) is 0. The van der Waals surface area contributed by atoms with Gasteiger partial charge in [-0.05, 0) is 112 Å². The van der Waals surface area contributed by atoms with Crippen molar-refractivity contribution in [2.75, 3.05) is 0 Å². The van der Waals surface area contributed by atoms with E-state index >= 15 is 0 Å². The number of halogens is 4. The lowest BCUT2D eigenvalue weighted by Crippen LogP contribution is -2.25. The summed E-state index contributed by atoms with van der Waals surface area (Å²) >= 11 is 13.7. The van der Waals surface area contributed by atoms with Crippen LogP contribution in [-0.4, -0.2) is 10.2 Å². The van der Waals surface area contributed by atoms with Crippen LogP contribution in [0.4, 0.5) is 0 Å². The molecule has 0 atom stereocenters. The van der Waals surface area contributed by atoms with Gasteiger partial charge in [-0.1, -0.05) is 30.3 Å². The molecule has 3 aromatic carbocycles. The highest BCUT2D eigenvalue weighted by molar-refractivity contribution is 9.11. The van der Waals surface area contributed by atoms with E-state index in [1.807, 2.05) is 42.5 Å². The Morgan fingerprint density at radius 1 is 0.615 bits per heavy atom. The van der Waals surface area contributed by atoms with Crippen LogP contribution in [0.5, 0.6) is 11.5 Å². The molecule has 0 aromatic heterocycles. The first kappa shape index (κ1) is 19.9. The van der Waals surface area contributed by atoms with Gasteiger partial charge in [-0.3, -0.25) is 0 Å². The minimum atomic E-state index is -0.515. The molecule has 0 aliphatic carbocycles. The van der Waals surface area contributed by atoms with Crippen LogP contribution in [0.15, 0.2) is 72.5 Å². The van der Waals surface area contributed by atoms with E-state index in [1.54, 1.807) is 0 Å². The van der Waals surface area contributed by atoms with Crippen molar-refractivity contribution in [3.8, 4) is 11.5 Å². The molecule has 0 radical (unpaired) electrons. The first-order valence-corrected chi connectivity index (χ1v) is 10.8. The maximum absolute atomic E-state index is 10.1. The standard InChI is InChI=1S/C20H14Br4O2/c1-20(11-5-3-2-4-6-11,12-7-14(21)18(25)15(22)8-12)13-9-16(23)19(26)17(24)10-13/h2-10,25-26H,1H3. The van der Waals surface area contributed by atoms with Gasteiger partial charge in [-0.25, -0.2) is 0 Å². The van der Waals surface area contributed by atoms with Crippen LogP contribution >= 0.6 is 63.7 Å². The zero-order valence-corrected chi connectivity index (χ0v) is 19.9. The second-order valence-corrected chi connectivity index (χ2v) is 9.49. The zero-order chi connectivity index (χ0) is 19.1. The molecule has 2 N–H and O–H groups in total. The Morgan fingerprint density at radius 3 is 1.31 bits per heavy atom. The molecule has 3 aromatic rings. The van der Waals surface area contributed by atoms with Crippen molar-refractivity contribution in [2.45, 2.75) is 12.3 Å². The number of rotatable bonds is 3. The molecule has 0 aliphatic rings. The van der Waals surface area contributed by atoms with Gasteiger partial charge < -0.3 is 10.2 Å². The molecule has 6 heteroatoms. The number of hydrogen-bond donors (Lipinski definition) is 2. The van der Waals surface area contributed by atoms with Crippen LogP contribution in [-0.2, 0) is 5.41 Å². The van der Waals surface area contributed by atoms with Crippen LogP contribution in [0.2, 0.25) is 0 Å². The highest BCUT2D eigenvalue weighted by Gasteiger charge is 2.33. The largest absolute Gasteiger partial charge is 0.506 e. The van der Waals surface area contributed by atoms with E-state index < -0.39 is 5.41 Å². The van der Waals surface area contributed by atoms with Gasteiger partial charge in [0.05, 0.1) is 17.9 Å². The fraction of sp³-hybridized carbons (Fsp3) is 0.100. The topological polar surface area (TPSA) is 40.5 Å². The van der Waals surface area contributed by atoms with Crippen molar-refractivity contribution in [3.05, 3.63) is 89.2 Å². The predicted molar refractivity (Wildman–Crippen MR) is 119 cm³/mol. The van der Waals surface area contributed by atoms with Crippen LogP contribution in [0.25, 0.3) is 0 Å². The molecule has 134 valence electrons. The zero-order valence-electron chi connectivity index (χ0n) is 13.6. The molecule has 0 saturated heterocycles. The molecule has 0 spiro atoms. The Labute approximate surface area is 185 Å². The van der Waals surface area contributed by atoms with Crippen LogP contribution < -0.4 is 0 Å². The van der Waals surface area contributed by atoms with Gasteiger partial charge in [0.25, 0.3) is 0 Å². The molecule has 0 bridgehead atoms. The SMILES string of the molecule is CC(c1ccccc1)(c1cc(Br)c(O)c(Br)c1)c1cc(Br)c(O)c(Br)c1. The van der Waals surface area contributed by atoms with Crippen LogP contribution in [0.3, 0.4) is 0 Å². The third-order valence-electron chi connectivity index (χ3n) is 4.54. The van der Waals surface area contributed by atoms with Gasteiger partial charge in [0, 0.05) is 5.41 Å². The molecule has 0 heterocycles. The summed E-state index contributed by atoms with van der Waals surface area (Å²) in [6.07, 6.45) is 0. The number of aromatic hydroxyl groups is 2. The van der Waals surface area contributed by atoms with E-state index in [1.165, 1.54) is 0 Å². The van der Waals surface area contributed by atoms with E-state index in [2.05, 4.69) is 82.8 Å². The second kappa shape index (κ2) is 7.66. The summed E-state index contributed by atoms with van der Waals surface area (Å²) in [4.78, 5) is 0. The summed E-state index contributed by atoms with van der Waals surface area (Å²) in [5.41, 5.74) is 2.56. The van der Waals surface area contributed by atoms with E-state index in [0.29, 0.717) is 17.9 Å². The summed E-state index contributed by atoms with van der Waals surface area (Å²) in [6, 6.07) is 17.8. The third-order valence-corrected chi connectivity index (χ3v) is 6.96. The Kier molecular flexibility index (Phi) is 5.87.